The topological polar surface area (TPSA) is 71.3 Å². The number of hydrogen-bond donors (Lipinski definition) is 0. The normalized spacial score (nSPS) is 23.1. The van der Waals surface area contributed by atoms with Gasteiger partial charge in [-0.25, -0.2) is 0 Å². The fourth-order valence-corrected chi connectivity index (χ4v) is 4.09. The maximum Gasteiger partial charge on any atom is 0.228 e. The minimum absolute atomic E-state index is 0.104. The van der Waals surface area contributed by atoms with Gasteiger partial charge in [-0.15, -0.1) is 10.2 Å². The van der Waals surface area contributed by atoms with Crippen LogP contribution in [0, 0.1) is 5.41 Å². The molecule has 7 heteroatoms. The van der Waals surface area contributed by atoms with Crippen LogP contribution in [0.4, 0.5) is 0 Å². The summed E-state index contributed by atoms with van der Waals surface area (Å²) in [5.74, 6) is 2.87. The summed E-state index contributed by atoms with van der Waals surface area (Å²) in [6, 6.07) is 0. The monoisotopic (exact) mass is 345 g/mol. The van der Waals surface area contributed by atoms with Crippen LogP contribution in [-0.2, 0) is 22.6 Å². The molecule has 0 atom stereocenters. The molecule has 0 radical (unpaired) electrons. The zero-order valence-electron chi connectivity index (χ0n) is 15.2. The molecule has 1 aromatic heterocycles. The quantitative estimate of drug-likeness (QED) is 0.807. The number of rotatable bonds is 2. The Bertz CT molecular complexity index is 686. The highest BCUT2D eigenvalue weighted by Gasteiger charge is 2.47. The van der Waals surface area contributed by atoms with Crippen molar-refractivity contribution in [3.8, 4) is 0 Å². The lowest BCUT2D eigenvalue weighted by Gasteiger charge is -2.31. The molecular formula is C18H27N5O2. The van der Waals surface area contributed by atoms with Crippen molar-refractivity contribution in [3.05, 3.63) is 11.6 Å². The minimum atomic E-state index is -0.104. The highest BCUT2D eigenvalue weighted by atomic mass is 16.2. The van der Waals surface area contributed by atoms with E-state index in [1.807, 2.05) is 9.80 Å². The second-order valence-electron chi connectivity index (χ2n) is 8.01. The molecule has 2 amide bonds. The van der Waals surface area contributed by atoms with Crippen molar-refractivity contribution in [2.45, 2.75) is 58.4 Å². The molecule has 25 heavy (non-hydrogen) atoms. The SMILES string of the molecule is CC(=O)N1CCC(c2nnc3n2CCN(C(=O)C2(C)CC2)CC3)CC1. The van der Waals surface area contributed by atoms with Gasteiger partial charge in [0.2, 0.25) is 11.8 Å². The van der Waals surface area contributed by atoms with E-state index in [9.17, 15) is 9.59 Å². The number of piperidine rings is 1. The van der Waals surface area contributed by atoms with Crippen LogP contribution < -0.4 is 0 Å². The van der Waals surface area contributed by atoms with Crippen molar-refractivity contribution < 1.29 is 9.59 Å². The van der Waals surface area contributed by atoms with Gasteiger partial charge in [-0.1, -0.05) is 6.92 Å². The van der Waals surface area contributed by atoms with Crippen LogP contribution in [0.1, 0.15) is 57.1 Å². The lowest BCUT2D eigenvalue weighted by Crippen LogP contribution is -2.38. The second-order valence-corrected chi connectivity index (χ2v) is 8.01. The number of likely N-dealkylation sites (tertiary alicyclic amines) is 1. The molecule has 2 aliphatic heterocycles. The smallest absolute Gasteiger partial charge is 0.228 e. The lowest BCUT2D eigenvalue weighted by atomic mass is 9.96. The van der Waals surface area contributed by atoms with Crippen molar-refractivity contribution in [2.75, 3.05) is 26.2 Å². The number of aromatic nitrogens is 3. The van der Waals surface area contributed by atoms with Crippen molar-refractivity contribution >= 4 is 11.8 Å². The fraction of sp³-hybridized carbons (Fsp3) is 0.778. The van der Waals surface area contributed by atoms with Crippen LogP contribution in [0.2, 0.25) is 0 Å². The fourth-order valence-electron chi connectivity index (χ4n) is 4.09. The number of nitrogens with zero attached hydrogens (tertiary/aromatic N) is 5. The maximum absolute atomic E-state index is 12.6. The van der Waals surface area contributed by atoms with Gasteiger partial charge in [0.25, 0.3) is 0 Å². The van der Waals surface area contributed by atoms with Crippen LogP contribution >= 0.6 is 0 Å². The van der Waals surface area contributed by atoms with Crippen LogP contribution in [0.3, 0.4) is 0 Å². The first-order chi connectivity index (χ1) is 12.0. The molecule has 1 aliphatic carbocycles. The third kappa shape index (κ3) is 3.04. The number of amides is 2. The van der Waals surface area contributed by atoms with Gasteiger partial charge < -0.3 is 14.4 Å². The largest absolute Gasteiger partial charge is 0.343 e. The summed E-state index contributed by atoms with van der Waals surface area (Å²) >= 11 is 0. The molecule has 1 saturated heterocycles. The molecule has 0 bridgehead atoms. The van der Waals surface area contributed by atoms with Gasteiger partial charge in [-0.2, -0.15) is 0 Å². The standard InChI is InChI=1S/C18H27N5O2/c1-13(24)21-8-3-14(4-9-21)16-20-19-15-5-10-22(11-12-23(15)16)17(25)18(2)6-7-18/h14H,3-12H2,1-2H3. The zero-order valence-corrected chi connectivity index (χ0v) is 15.2. The summed E-state index contributed by atoms with van der Waals surface area (Å²) in [4.78, 5) is 28.1. The Hall–Kier alpha value is -1.92. The van der Waals surface area contributed by atoms with Crippen molar-refractivity contribution in [1.82, 2.24) is 24.6 Å². The summed E-state index contributed by atoms with van der Waals surface area (Å²) in [5, 5.41) is 8.88. The second kappa shape index (κ2) is 6.11. The Kier molecular flexibility index (Phi) is 4.04. The third-order valence-electron chi connectivity index (χ3n) is 6.16. The van der Waals surface area contributed by atoms with E-state index in [1.54, 1.807) is 6.92 Å². The summed E-state index contributed by atoms with van der Waals surface area (Å²) < 4.78 is 2.23. The van der Waals surface area contributed by atoms with Gasteiger partial charge in [0, 0.05) is 57.4 Å². The molecule has 7 nitrogen and oxygen atoms in total. The van der Waals surface area contributed by atoms with Gasteiger partial charge in [0.1, 0.15) is 11.6 Å². The molecule has 3 aliphatic rings. The van der Waals surface area contributed by atoms with Crippen LogP contribution in [0.15, 0.2) is 0 Å². The Morgan fingerprint density at radius 1 is 1.00 bits per heavy atom. The molecule has 4 rings (SSSR count). The minimum Gasteiger partial charge on any atom is -0.343 e. The van der Waals surface area contributed by atoms with Crippen molar-refractivity contribution in [2.24, 2.45) is 5.41 Å². The molecule has 0 spiro atoms. The predicted octanol–water partition coefficient (Wildman–Crippen LogP) is 1.19. The van der Waals surface area contributed by atoms with E-state index in [4.69, 9.17) is 0 Å². The molecule has 1 saturated carbocycles. The summed E-state index contributed by atoms with van der Waals surface area (Å²) in [5.41, 5.74) is -0.104. The maximum atomic E-state index is 12.6. The Balaban J connectivity index is 1.44. The highest BCUT2D eigenvalue weighted by Crippen LogP contribution is 2.46. The van der Waals surface area contributed by atoms with Gasteiger partial charge in [0.05, 0.1) is 0 Å². The highest BCUT2D eigenvalue weighted by molar-refractivity contribution is 5.84. The van der Waals surface area contributed by atoms with E-state index in [1.165, 1.54) is 0 Å². The lowest BCUT2D eigenvalue weighted by molar-refractivity contribution is -0.136. The average Bonchev–Trinajstić information content (AvgIpc) is 3.30. The summed E-state index contributed by atoms with van der Waals surface area (Å²) in [7, 11) is 0. The molecule has 1 aromatic rings. The first-order valence-electron chi connectivity index (χ1n) is 9.45. The first kappa shape index (κ1) is 16.5. The molecule has 0 N–H and O–H groups in total. The van der Waals surface area contributed by atoms with Crippen LogP contribution in [0.25, 0.3) is 0 Å². The van der Waals surface area contributed by atoms with E-state index >= 15 is 0 Å². The summed E-state index contributed by atoms with van der Waals surface area (Å²) in [6.07, 6.45) is 4.71. The van der Waals surface area contributed by atoms with Crippen LogP contribution in [0.5, 0.6) is 0 Å². The number of carbonyl (C=O) groups is 2. The predicted molar refractivity (Wildman–Crippen MR) is 91.9 cm³/mol. The number of fused-ring (bicyclic) bond motifs is 1. The molecule has 136 valence electrons. The van der Waals surface area contributed by atoms with Crippen LogP contribution in [-0.4, -0.2) is 62.6 Å². The Morgan fingerprint density at radius 2 is 1.72 bits per heavy atom. The zero-order chi connectivity index (χ0) is 17.6. The van der Waals surface area contributed by atoms with Gasteiger partial charge >= 0.3 is 0 Å². The van der Waals surface area contributed by atoms with Gasteiger partial charge in [0.15, 0.2) is 0 Å². The molecule has 2 fully saturated rings. The van der Waals surface area contributed by atoms with E-state index in [0.29, 0.717) is 11.8 Å². The van der Waals surface area contributed by atoms with Crippen molar-refractivity contribution in [1.29, 1.82) is 0 Å². The average molecular weight is 345 g/mol. The molecule has 0 aromatic carbocycles. The number of carbonyl (C=O) groups excluding carboxylic acids is 2. The Morgan fingerprint density at radius 3 is 2.36 bits per heavy atom. The molecular weight excluding hydrogens is 318 g/mol. The van der Waals surface area contributed by atoms with E-state index in [0.717, 1.165) is 76.5 Å². The third-order valence-corrected chi connectivity index (χ3v) is 6.16. The van der Waals surface area contributed by atoms with E-state index in [-0.39, 0.29) is 11.3 Å². The first-order valence-corrected chi connectivity index (χ1v) is 9.45. The summed E-state index contributed by atoms with van der Waals surface area (Å²) in [6.45, 7) is 7.58. The van der Waals surface area contributed by atoms with Gasteiger partial charge in [-0.3, -0.25) is 9.59 Å². The van der Waals surface area contributed by atoms with Gasteiger partial charge in [-0.05, 0) is 25.7 Å². The van der Waals surface area contributed by atoms with E-state index < -0.39 is 0 Å². The van der Waals surface area contributed by atoms with Crippen molar-refractivity contribution in [3.63, 3.8) is 0 Å². The van der Waals surface area contributed by atoms with E-state index in [2.05, 4.69) is 21.7 Å². The Labute approximate surface area is 148 Å². The molecule has 3 heterocycles. The number of hydrogen-bond acceptors (Lipinski definition) is 4. The molecule has 0 unspecified atom stereocenters.